The van der Waals surface area contributed by atoms with Gasteiger partial charge in [0.25, 0.3) is 17.0 Å². The molecule has 146 valence electrons. The zero-order chi connectivity index (χ0) is 20.2. The van der Waals surface area contributed by atoms with E-state index in [0.29, 0.717) is 24.1 Å². The molecule has 0 aliphatic heterocycles. The highest BCUT2D eigenvalue weighted by Crippen LogP contribution is 2.07. The summed E-state index contributed by atoms with van der Waals surface area (Å²) in [7, 11) is 0. The Bertz CT molecular complexity index is 1270. The van der Waals surface area contributed by atoms with E-state index in [0.717, 1.165) is 5.56 Å². The summed E-state index contributed by atoms with van der Waals surface area (Å²) >= 11 is 0. The Balaban J connectivity index is 1.47. The largest absolute Gasteiger partial charge is 0.350 e. The number of benzene rings is 1. The van der Waals surface area contributed by atoms with Gasteiger partial charge in [-0.05, 0) is 17.7 Å². The van der Waals surface area contributed by atoms with Gasteiger partial charge in [-0.15, -0.1) is 0 Å². The molecular weight excluding hydrogens is 372 g/mol. The summed E-state index contributed by atoms with van der Waals surface area (Å²) in [6.07, 6.45) is 4.44. The maximum Gasteiger partial charge on any atom is 0.264 e. The average Bonchev–Trinajstić information content (AvgIpc) is 3.15. The monoisotopic (exact) mass is 390 g/mol. The Kier molecular flexibility index (Phi) is 5.02. The molecule has 0 aliphatic rings. The van der Waals surface area contributed by atoms with Gasteiger partial charge in [-0.1, -0.05) is 30.3 Å². The molecule has 0 aliphatic carbocycles. The van der Waals surface area contributed by atoms with E-state index in [1.165, 1.54) is 29.4 Å². The van der Waals surface area contributed by atoms with Gasteiger partial charge in [-0.3, -0.25) is 19.0 Å². The Morgan fingerprint density at radius 2 is 1.93 bits per heavy atom. The molecular formula is C20H18N6O3. The van der Waals surface area contributed by atoms with Crippen LogP contribution in [0.5, 0.6) is 0 Å². The number of aromatic nitrogens is 5. The normalized spacial score (nSPS) is 10.9. The highest BCUT2D eigenvalue weighted by molar-refractivity contribution is 5.93. The first-order chi connectivity index (χ1) is 14.1. The van der Waals surface area contributed by atoms with E-state index < -0.39 is 11.5 Å². The summed E-state index contributed by atoms with van der Waals surface area (Å²) in [5.41, 5.74) is 0.868. The minimum absolute atomic E-state index is 0.0414. The van der Waals surface area contributed by atoms with Gasteiger partial charge in [0.15, 0.2) is 5.65 Å². The Labute approximate surface area is 164 Å². The lowest BCUT2D eigenvalue weighted by molar-refractivity contribution is 0.0950. The number of carbonyl (C=O) groups is 1. The van der Waals surface area contributed by atoms with Crippen molar-refractivity contribution in [3.05, 3.63) is 93.0 Å². The average molecular weight is 390 g/mol. The second-order valence-corrected chi connectivity index (χ2v) is 6.44. The first kappa shape index (κ1) is 18.4. The zero-order valence-corrected chi connectivity index (χ0v) is 15.4. The molecule has 2 N–H and O–H groups in total. The number of hydrogen-bond acceptors (Lipinski definition) is 5. The van der Waals surface area contributed by atoms with Gasteiger partial charge in [0.05, 0.1) is 19.3 Å². The fraction of sp³-hybridized carbons (Fsp3) is 0.150. The number of amides is 1. The summed E-state index contributed by atoms with van der Waals surface area (Å²) in [6, 6.07) is 12.7. The van der Waals surface area contributed by atoms with Crippen molar-refractivity contribution < 1.29 is 4.79 Å². The fourth-order valence-corrected chi connectivity index (χ4v) is 3.02. The molecule has 0 saturated carbocycles. The summed E-state index contributed by atoms with van der Waals surface area (Å²) in [5.74, 6) is -0.471. The molecule has 1 amide bonds. The van der Waals surface area contributed by atoms with E-state index in [9.17, 15) is 14.4 Å². The molecule has 0 fully saturated rings. The molecule has 9 heteroatoms. The van der Waals surface area contributed by atoms with Crippen molar-refractivity contribution in [2.45, 2.75) is 13.1 Å². The van der Waals surface area contributed by atoms with E-state index in [1.54, 1.807) is 10.7 Å². The highest BCUT2D eigenvalue weighted by Gasteiger charge is 2.12. The predicted molar refractivity (Wildman–Crippen MR) is 107 cm³/mol. The van der Waals surface area contributed by atoms with E-state index >= 15 is 0 Å². The van der Waals surface area contributed by atoms with Crippen LogP contribution in [0.25, 0.3) is 11.0 Å². The number of nitrogens with one attached hydrogen (secondary N) is 2. The van der Waals surface area contributed by atoms with Crippen LogP contribution in [0.1, 0.15) is 15.9 Å². The SMILES string of the molecule is O=C(NCCn1ncc2c(=O)n(Cc3ccccc3)cnc21)c1ccc[nH]c1=O. The molecule has 3 aromatic heterocycles. The van der Waals surface area contributed by atoms with Crippen LogP contribution < -0.4 is 16.4 Å². The highest BCUT2D eigenvalue weighted by atomic mass is 16.2. The van der Waals surface area contributed by atoms with Crippen molar-refractivity contribution in [2.24, 2.45) is 0 Å². The van der Waals surface area contributed by atoms with Gasteiger partial charge in [-0.2, -0.15) is 5.10 Å². The number of hydrogen-bond donors (Lipinski definition) is 2. The lowest BCUT2D eigenvalue weighted by Gasteiger charge is -2.07. The zero-order valence-electron chi connectivity index (χ0n) is 15.4. The van der Waals surface area contributed by atoms with Crippen LogP contribution >= 0.6 is 0 Å². The summed E-state index contributed by atoms with van der Waals surface area (Å²) in [5, 5.41) is 7.29. The molecule has 0 spiro atoms. The van der Waals surface area contributed by atoms with E-state index in [-0.39, 0.29) is 17.7 Å². The van der Waals surface area contributed by atoms with E-state index in [4.69, 9.17) is 0 Å². The van der Waals surface area contributed by atoms with Gasteiger partial charge in [0.2, 0.25) is 0 Å². The minimum Gasteiger partial charge on any atom is -0.350 e. The lowest BCUT2D eigenvalue weighted by atomic mass is 10.2. The van der Waals surface area contributed by atoms with Crippen LogP contribution in [-0.4, -0.2) is 36.8 Å². The number of aromatic amines is 1. The van der Waals surface area contributed by atoms with Gasteiger partial charge in [-0.25, -0.2) is 9.67 Å². The second kappa shape index (κ2) is 7.93. The Morgan fingerprint density at radius 1 is 1.10 bits per heavy atom. The van der Waals surface area contributed by atoms with Crippen LogP contribution in [0.15, 0.2) is 70.8 Å². The van der Waals surface area contributed by atoms with Crippen molar-refractivity contribution >= 4 is 16.9 Å². The molecule has 0 unspecified atom stereocenters. The van der Waals surface area contributed by atoms with Crippen molar-refractivity contribution in [1.29, 1.82) is 0 Å². The quantitative estimate of drug-likeness (QED) is 0.504. The number of rotatable bonds is 6. The molecule has 3 heterocycles. The number of nitrogens with zero attached hydrogens (tertiary/aromatic N) is 4. The first-order valence-corrected chi connectivity index (χ1v) is 9.04. The maximum absolute atomic E-state index is 12.7. The standard InChI is InChI=1S/C20H18N6O3/c27-18-15(7-4-8-21-18)19(28)22-9-10-26-17-16(11-24-26)20(29)25(13-23-17)12-14-5-2-1-3-6-14/h1-8,11,13H,9-10,12H2,(H,21,27)(H,22,28). The summed E-state index contributed by atoms with van der Waals surface area (Å²) in [4.78, 5) is 43.3. The van der Waals surface area contributed by atoms with Crippen molar-refractivity contribution in [3.8, 4) is 0 Å². The minimum atomic E-state index is -0.471. The van der Waals surface area contributed by atoms with Crippen LogP contribution in [0, 0.1) is 0 Å². The van der Waals surface area contributed by atoms with Gasteiger partial charge >= 0.3 is 0 Å². The molecule has 0 atom stereocenters. The number of carbonyl (C=O) groups excluding carboxylic acids is 1. The first-order valence-electron chi connectivity index (χ1n) is 9.04. The number of pyridine rings is 1. The molecule has 4 aromatic rings. The predicted octanol–water partition coefficient (Wildman–Crippen LogP) is 0.760. The van der Waals surface area contributed by atoms with Crippen molar-refractivity contribution in [2.75, 3.05) is 6.54 Å². The molecule has 0 radical (unpaired) electrons. The van der Waals surface area contributed by atoms with Gasteiger partial charge in [0.1, 0.15) is 17.3 Å². The van der Waals surface area contributed by atoms with Crippen LogP contribution in [-0.2, 0) is 13.1 Å². The third-order valence-electron chi connectivity index (χ3n) is 4.49. The van der Waals surface area contributed by atoms with Crippen LogP contribution in [0.3, 0.4) is 0 Å². The molecule has 29 heavy (non-hydrogen) atoms. The Hall–Kier alpha value is -4.01. The van der Waals surface area contributed by atoms with Crippen LogP contribution in [0.2, 0.25) is 0 Å². The number of H-pyrrole nitrogens is 1. The van der Waals surface area contributed by atoms with Crippen LogP contribution in [0.4, 0.5) is 0 Å². The second-order valence-electron chi connectivity index (χ2n) is 6.44. The lowest BCUT2D eigenvalue weighted by Crippen LogP contribution is -2.31. The van der Waals surface area contributed by atoms with E-state index in [1.807, 2.05) is 30.3 Å². The van der Waals surface area contributed by atoms with Gasteiger partial charge < -0.3 is 10.3 Å². The maximum atomic E-state index is 12.7. The number of fused-ring (bicyclic) bond motifs is 1. The van der Waals surface area contributed by atoms with Gasteiger partial charge in [0, 0.05) is 12.7 Å². The van der Waals surface area contributed by atoms with Crippen molar-refractivity contribution in [1.82, 2.24) is 29.6 Å². The smallest absolute Gasteiger partial charge is 0.264 e. The molecule has 4 rings (SSSR count). The van der Waals surface area contributed by atoms with E-state index in [2.05, 4.69) is 20.4 Å². The molecule has 0 bridgehead atoms. The summed E-state index contributed by atoms with van der Waals surface area (Å²) < 4.78 is 3.09. The molecule has 9 nitrogen and oxygen atoms in total. The molecule has 0 saturated heterocycles. The molecule has 1 aromatic carbocycles. The third-order valence-corrected chi connectivity index (χ3v) is 4.49. The summed E-state index contributed by atoms with van der Waals surface area (Å²) in [6.45, 7) is 0.976. The van der Waals surface area contributed by atoms with Crippen molar-refractivity contribution in [3.63, 3.8) is 0 Å². The fourth-order valence-electron chi connectivity index (χ4n) is 3.02. The Morgan fingerprint density at radius 3 is 2.72 bits per heavy atom. The third kappa shape index (κ3) is 3.84. The topological polar surface area (TPSA) is 115 Å².